The third kappa shape index (κ3) is 4.81. The molecule has 0 saturated heterocycles. The number of hydrogen-bond donors (Lipinski definition) is 1. The van der Waals surface area contributed by atoms with E-state index in [-0.39, 0.29) is 5.91 Å². The molecule has 0 aromatic heterocycles. The van der Waals surface area contributed by atoms with Crippen LogP contribution in [0.5, 0.6) is 17.2 Å². The van der Waals surface area contributed by atoms with E-state index in [9.17, 15) is 4.79 Å². The van der Waals surface area contributed by atoms with Crippen LogP contribution in [-0.4, -0.2) is 12.0 Å². The van der Waals surface area contributed by atoms with Gasteiger partial charge in [-0.05, 0) is 55.5 Å². The summed E-state index contributed by atoms with van der Waals surface area (Å²) in [6.45, 7) is 1.64. The lowest BCUT2D eigenvalue weighted by molar-refractivity contribution is -0.122. The number of ether oxygens (including phenoxy) is 2. The first-order valence-corrected chi connectivity index (χ1v) is 8.93. The molecular formula is C22H17ClN2O3. The zero-order chi connectivity index (χ0) is 19.9. The van der Waals surface area contributed by atoms with Gasteiger partial charge in [0, 0.05) is 0 Å². The Morgan fingerprint density at radius 1 is 1.00 bits per heavy atom. The first-order valence-electron chi connectivity index (χ1n) is 8.56. The van der Waals surface area contributed by atoms with E-state index in [0.717, 1.165) is 0 Å². The van der Waals surface area contributed by atoms with Crippen LogP contribution < -0.4 is 14.8 Å². The molecular weight excluding hydrogens is 376 g/mol. The first-order chi connectivity index (χ1) is 13.6. The maximum absolute atomic E-state index is 12.5. The summed E-state index contributed by atoms with van der Waals surface area (Å²) in [7, 11) is 0. The van der Waals surface area contributed by atoms with Gasteiger partial charge in [0.25, 0.3) is 5.91 Å². The average molecular weight is 393 g/mol. The predicted octanol–water partition coefficient (Wildman–Crippen LogP) is 5.41. The number of nitrogens with one attached hydrogen (secondary N) is 1. The third-order valence-corrected chi connectivity index (χ3v) is 4.18. The number of rotatable bonds is 6. The molecule has 0 radical (unpaired) electrons. The van der Waals surface area contributed by atoms with E-state index in [1.807, 2.05) is 18.2 Å². The van der Waals surface area contributed by atoms with Gasteiger partial charge in [-0.15, -0.1) is 0 Å². The molecule has 0 aliphatic heterocycles. The molecule has 0 bridgehead atoms. The highest BCUT2D eigenvalue weighted by atomic mass is 35.5. The van der Waals surface area contributed by atoms with Crippen LogP contribution in [-0.2, 0) is 4.79 Å². The third-order valence-electron chi connectivity index (χ3n) is 3.87. The molecule has 140 valence electrons. The molecule has 0 aliphatic rings. The Balaban J connectivity index is 1.69. The molecule has 3 aromatic carbocycles. The topological polar surface area (TPSA) is 71.3 Å². The lowest BCUT2D eigenvalue weighted by atomic mass is 10.2. The van der Waals surface area contributed by atoms with E-state index in [1.165, 1.54) is 0 Å². The molecule has 6 heteroatoms. The Morgan fingerprint density at radius 3 is 2.32 bits per heavy atom. The maximum Gasteiger partial charge on any atom is 0.265 e. The normalized spacial score (nSPS) is 11.2. The second kappa shape index (κ2) is 8.94. The average Bonchev–Trinajstić information content (AvgIpc) is 2.71. The van der Waals surface area contributed by atoms with E-state index < -0.39 is 6.10 Å². The summed E-state index contributed by atoms with van der Waals surface area (Å²) >= 11 is 6.14. The summed E-state index contributed by atoms with van der Waals surface area (Å²) in [4.78, 5) is 12.5. The van der Waals surface area contributed by atoms with Crippen LogP contribution in [0.15, 0.2) is 72.8 Å². The summed E-state index contributed by atoms with van der Waals surface area (Å²) in [5, 5.41) is 12.1. The van der Waals surface area contributed by atoms with Crippen LogP contribution in [0, 0.1) is 11.3 Å². The van der Waals surface area contributed by atoms with Gasteiger partial charge in [-0.3, -0.25) is 4.79 Å². The highest BCUT2D eigenvalue weighted by Crippen LogP contribution is 2.33. The van der Waals surface area contributed by atoms with Crippen LogP contribution in [0.4, 0.5) is 5.69 Å². The zero-order valence-electron chi connectivity index (χ0n) is 15.1. The number of amides is 1. The second-order valence-corrected chi connectivity index (χ2v) is 6.32. The molecule has 1 unspecified atom stereocenters. The lowest BCUT2D eigenvalue weighted by Crippen LogP contribution is -2.30. The number of para-hydroxylation sites is 3. The van der Waals surface area contributed by atoms with Crippen molar-refractivity contribution in [2.24, 2.45) is 0 Å². The molecule has 0 spiro atoms. The highest BCUT2D eigenvalue weighted by Gasteiger charge is 2.17. The van der Waals surface area contributed by atoms with E-state index in [1.54, 1.807) is 67.6 Å². The van der Waals surface area contributed by atoms with Crippen LogP contribution in [0.3, 0.4) is 0 Å². The Morgan fingerprint density at radius 2 is 1.64 bits per heavy atom. The molecule has 5 nitrogen and oxygen atoms in total. The summed E-state index contributed by atoms with van der Waals surface area (Å²) in [5.74, 6) is 1.13. The van der Waals surface area contributed by atoms with Gasteiger partial charge in [-0.25, -0.2) is 0 Å². The van der Waals surface area contributed by atoms with Crippen molar-refractivity contribution < 1.29 is 14.3 Å². The number of benzene rings is 3. The van der Waals surface area contributed by atoms with Gasteiger partial charge in [0.1, 0.15) is 11.5 Å². The van der Waals surface area contributed by atoms with Crippen LogP contribution in [0.25, 0.3) is 0 Å². The van der Waals surface area contributed by atoms with Crippen LogP contribution in [0.1, 0.15) is 12.5 Å². The molecule has 1 amide bonds. The number of anilines is 1. The van der Waals surface area contributed by atoms with Gasteiger partial charge in [0.2, 0.25) is 0 Å². The zero-order valence-corrected chi connectivity index (χ0v) is 15.8. The van der Waals surface area contributed by atoms with Crippen molar-refractivity contribution in [2.45, 2.75) is 13.0 Å². The minimum atomic E-state index is -0.749. The number of carbonyl (C=O) groups excluding carboxylic acids is 1. The van der Waals surface area contributed by atoms with Gasteiger partial charge in [0.05, 0.1) is 22.3 Å². The molecule has 3 rings (SSSR count). The van der Waals surface area contributed by atoms with Gasteiger partial charge in [-0.1, -0.05) is 35.9 Å². The number of halogens is 1. The van der Waals surface area contributed by atoms with Crippen LogP contribution in [0.2, 0.25) is 5.02 Å². The quantitative estimate of drug-likeness (QED) is 0.608. The molecule has 0 fully saturated rings. The summed E-state index contributed by atoms with van der Waals surface area (Å²) in [6, 6.07) is 22.8. The van der Waals surface area contributed by atoms with Gasteiger partial charge in [0.15, 0.2) is 11.9 Å². The molecule has 0 saturated carbocycles. The van der Waals surface area contributed by atoms with E-state index in [4.69, 9.17) is 26.3 Å². The van der Waals surface area contributed by atoms with E-state index >= 15 is 0 Å². The van der Waals surface area contributed by atoms with Crippen LogP contribution >= 0.6 is 11.6 Å². The summed E-state index contributed by atoms with van der Waals surface area (Å²) in [6.07, 6.45) is -0.749. The molecule has 1 atom stereocenters. The molecule has 3 aromatic rings. The maximum atomic E-state index is 12.5. The second-order valence-electron chi connectivity index (χ2n) is 5.91. The number of carbonyl (C=O) groups is 1. The van der Waals surface area contributed by atoms with Crippen molar-refractivity contribution in [2.75, 3.05) is 5.32 Å². The first kappa shape index (κ1) is 19.3. The monoisotopic (exact) mass is 392 g/mol. The van der Waals surface area contributed by atoms with Gasteiger partial charge in [-0.2, -0.15) is 5.26 Å². The Labute approximate surface area is 168 Å². The molecule has 0 heterocycles. The van der Waals surface area contributed by atoms with Crippen molar-refractivity contribution in [3.8, 4) is 23.3 Å². The van der Waals surface area contributed by atoms with Gasteiger partial charge >= 0.3 is 0 Å². The van der Waals surface area contributed by atoms with E-state index in [0.29, 0.717) is 33.5 Å². The lowest BCUT2D eigenvalue weighted by Gasteiger charge is -2.17. The Kier molecular flexibility index (Phi) is 6.15. The fourth-order valence-electron chi connectivity index (χ4n) is 2.40. The number of hydrogen-bond acceptors (Lipinski definition) is 4. The molecule has 28 heavy (non-hydrogen) atoms. The fourth-order valence-corrected chi connectivity index (χ4v) is 2.58. The smallest absolute Gasteiger partial charge is 0.265 e. The number of nitriles is 1. The molecule has 1 N–H and O–H groups in total. The van der Waals surface area contributed by atoms with Crippen molar-refractivity contribution in [1.82, 2.24) is 0 Å². The minimum Gasteiger partial charge on any atom is -0.481 e. The predicted molar refractivity (Wildman–Crippen MR) is 108 cm³/mol. The van der Waals surface area contributed by atoms with E-state index in [2.05, 4.69) is 5.32 Å². The number of nitrogens with zero attached hydrogens (tertiary/aromatic N) is 1. The standard InChI is InChI=1S/C22H17ClN2O3/c1-15(27-17-12-10-16(14-24)11-13-17)22(26)25-19-7-3-5-9-21(19)28-20-8-4-2-6-18(20)23/h2-13,15H,1H3,(H,25,26). The summed E-state index contributed by atoms with van der Waals surface area (Å²) in [5.41, 5.74) is 1.03. The highest BCUT2D eigenvalue weighted by molar-refractivity contribution is 6.32. The Bertz CT molecular complexity index is 1010. The SMILES string of the molecule is CC(Oc1ccc(C#N)cc1)C(=O)Nc1ccccc1Oc1ccccc1Cl. The molecule has 0 aliphatic carbocycles. The van der Waals surface area contributed by atoms with Crippen molar-refractivity contribution >= 4 is 23.2 Å². The Hall–Kier alpha value is -3.49. The summed E-state index contributed by atoms with van der Waals surface area (Å²) < 4.78 is 11.5. The van der Waals surface area contributed by atoms with Gasteiger partial charge < -0.3 is 14.8 Å². The minimum absolute atomic E-state index is 0.334. The largest absolute Gasteiger partial charge is 0.481 e. The fraction of sp³-hybridized carbons (Fsp3) is 0.0909. The van der Waals surface area contributed by atoms with Crippen molar-refractivity contribution in [1.29, 1.82) is 5.26 Å². The van der Waals surface area contributed by atoms with Crippen molar-refractivity contribution in [3.05, 3.63) is 83.4 Å². The van der Waals surface area contributed by atoms with Crippen molar-refractivity contribution in [3.63, 3.8) is 0 Å².